The first-order chi connectivity index (χ1) is 19.8. The van der Waals surface area contributed by atoms with E-state index in [4.69, 9.17) is 0 Å². The summed E-state index contributed by atoms with van der Waals surface area (Å²) in [6.07, 6.45) is -1.66. The zero-order valence-electron chi connectivity index (χ0n) is 21.1. The third kappa shape index (κ3) is 5.52. The van der Waals surface area contributed by atoms with E-state index < -0.39 is 74.8 Å². The van der Waals surface area contributed by atoms with Gasteiger partial charge in [0.1, 0.15) is 34.6 Å². The lowest BCUT2D eigenvalue weighted by Gasteiger charge is -2.20. The largest absolute Gasteiger partial charge is 0.432 e. The van der Waals surface area contributed by atoms with Gasteiger partial charge < -0.3 is 4.74 Å². The first-order valence-electron chi connectivity index (χ1n) is 11.9. The third-order valence-corrected chi connectivity index (χ3v) is 6.13. The van der Waals surface area contributed by atoms with Gasteiger partial charge in [0, 0.05) is 35.2 Å². The first kappa shape index (κ1) is 28.7. The number of halogens is 9. The quantitative estimate of drug-likeness (QED) is 0.146. The van der Waals surface area contributed by atoms with Gasteiger partial charge in [-0.05, 0) is 66.1 Å². The molecule has 0 aliphatic rings. The van der Waals surface area contributed by atoms with Gasteiger partial charge >= 0.3 is 6.11 Å². The molecule has 0 amide bonds. The standard InChI is InChI=1S/C30H15F9N2O/c1-14-12-40-29(41-13-14)15-2-4-19(21(31)6-15)16-7-23(33)27(24(34)8-16)30(38,39)42-18-3-5-20(22(32)11-18)17-9-25(35)28(37)26(36)10-17/h2-13H,1H3. The normalized spacial score (nSPS) is 11.6. The highest BCUT2D eigenvalue weighted by atomic mass is 19.3. The van der Waals surface area contributed by atoms with Crippen LogP contribution in [0.15, 0.2) is 73.1 Å². The minimum absolute atomic E-state index is 0.192. The maximum atomic E-state index is 14.9. The molecule has 0 N–H and O–H groups in total. The molecule has 0 fully saturated rings. The number of benzene rings is 4. The van der Waals surface area contributed by atoms with Gasteiger partial charge in [-0.3, -0.25) is 0 Å². The van der Waals surface area contributed by atoms with Crippen LogP contribution in [0.4, 0.5) is 39.5 Å². The Balaban J connectivity index is 1.42. The third-order valence-electron chi connectivity index (χ3n) is 6.13. The van der Waals surface area contributed by atoms with Gasteiger partial charge in [-0.2, -0.15) is 8.78 Å². The van der Waals surface area contributed by atoms with Crippen LogP contribution in [-0.2, 0) is 6.11 Å². The van der Waals surface area contributed by atoms with Gasteiger partial charge in [-0.25, -0.2) is 40.7 Å². The maximum Gasteiger partial charge on any atom is 0.432 e. The summed E-state index contributed by atoms with van der Waals surface area (Å²) in [5, 5.41) is 0. The first-order valence-corrected chi connectivity index (χ1v) is 11.9. The molecule has 0 saturated carbocycles. The summed E-state index contributed by atoms with van der Waals surface area (Å²) < 4.78 is 134. The minimum atomic E-state index is -4.68. The molecule has 0 radical (unpaired) electrons. The molecule has 0 bridgehead atoms. The predicted octanol–water partition coefficient (Wildman–Crippen LogP) is 8.89. The molecule has 1 aromatic heterocycles. The van der Waals surface area contributed by atoms with Crippen molar-refractivity contribution >= 4 is 0 Å². The second-order valence-electron chi connectivity index (χ2n) is 9.11. The molecule has 4 aromatic carbocycles. The van der Waals surface area contributed by atoms with Crippen molar-refractivity contribution in [3.05, 3.63) is 125 Å². The van der Waals surface area contributed by atoms with Crippen molar-refractivity contribution in [3.63, 3.8) is 0 Å². The summed E-state index contributed by atoms with van der Waals surface area (Å²) in [5.41, 5.74) is -2.43. The van der Waals surface area contributed by atoms with Crippen molar-refractivity contribution < 1.29 is 44.3 Å². The Hall–Kier alpha value is -4.87. The van der Waals surface area contributed by atoms with Crippen molar-refractivity contribution in [1.82, 2.24) is 9.97 Å². The Bertz CT molecular complexity index is 1780. The Labute approximate surface area is 231 Å². The van der Waals surface area contributed by atoms with E-state index in [1.807, 2.05) is 0 Å². The van der Waals surface area contributed by atoms with Crippen molar-refractivity contribution in [3.8, 4) is 39.4 Å². The van der Waals surface area contributed by atoms with Crippen LogP contribution < -0.4 is 4.74 Å². The molecule has 0 aliphatic heterocycles. The van der Waals surface area contributed by atoms with Crippen molar-refractivity contribution in [2.24, 2.45) is 0 Å². The van der Waals surface area contributed by atoms with E-state index in [0.717, 1.165) is 23.8 Å². The number of alkyl halides is 2. The summed E-state index contributed by atoms with van der Waals surface area (Å²) in [6.45, 7) is 1.76. The van der Waals surface area contributed by atoms with Crippen LogP contribution in [0.3, 0.4) is 0 Å². The summed E-state index contributed by atoms with van der Waals surface area (Å²) in [6, 6.07) is 7.48. The number of hydrogen-bond acceptors (Lipinski definition) is 3. The molecule has 5 rings (SSSR count). The van der Waals surface area contributed by atoms with Crippen molar-refractivity contribution in [2.75, 3.05) is 0 Å². The molecule has 0 aliphatic carbocycles. The highest BCUT2D eigenvalue weighted by Crippen LogP contribution is 2.39. The fraction of sp³-hybridized carbons (Fsp3) is 0.0667. The second-order valence-corrected chi connectivity index (χ2v) is 9.11. The Kier molecular flexibility index (Phi) is 7.40. The van der Waals surface area contributed by atoms with Gasteiger partial charge in [0.25, 0.3) is 0 Å². The molecule has 0 unspecified atom stereocenters. The van der Waals surface area contributed by atoms with E-state index in [0.29, 0.717) is 30.3 Å². The van der Waals surface area contributed by atoms with Gasteiger partial charge in [0.05, 0.1) is 0 Å². The monoisotopic (exact) mass is 590 g/mol. The smallest absolute Gasteiger partial charge is 0.429 e. The fourth-order valence-corrected chi connectivity index (χ4v) is 4.14. The predicted molar refractivity (Wildman–Crippen MR) is 134 cm³/mol. The fourth-order valence-electron chi connectivity index (χ4n) is 4.14. The number of hydrogen-bond donors (Lipinski definition) is 0. The Morgan fingerprint density at radius 3 is 1.57 bits per heavy atom. The topological polar surface area (TPSA) is 35.0 Å². The molecular formula is C30H15F9N2O. The number of aryl methyl sites for hydroxylation is 1. The molecule has 1 heterocycles. The van der Waals surface area contributed by atoms with Gasteiger partial charge in [-0.1, -0.05) is 12.1 Å². The second kappa shape index (κ2) is 10.8. The van der Waals surface area contributed by atoms with E-state index >= 15 is 0 Å². The van der Waals surface area contributed by atoms with E-state index in [2.05, 4.69) is 14.7 Å². The zero-order chi connectivity index (χ0) is 30.3. The van der Waals surface area contributed by atoms with Gasteiger partial charge in [0.2, 0.25) is 0 Å². The van der Waals surface area contributed by atoms with Crippen LogP contribution in [0.25, 0.3) is 33.6 Å². The van der Waals surface area contributed by atoms with Crippen LogP contribution >= 0.6 is 0 Å². The number of nitrogens with zero attached hydrogens (tertiary/aromatic N) is 2. The van der Waals surface area contributed by atoms with E-state index in [-0.39, 0.29) is 17.0 Å². The van der Waals surface area contributed by atoms with E-state index in [9.17, 15) is 39.5 Å². The van der Waals surface area contributed by atoms with E-state index in [1.54, 1.807) is 6.92 Å². The zero-order valence-corrected chi connectivity index (χ0v) is 21.1. The summed E-state index contributed by atoms with van der Waals surface area (Å²) in [7, 11) is 0. The van der Waals surface area contributed by atoms with Crippen molar-refractivity contribution in [1.29, 1.82) is 0 Å². The molecule has 214 valence electrons. The lowest BCUT2D eigenvalue weighted by atomic mass is 10.00. The molecule has 0 atom stereocenters. The molecule has 0 spiro atoms. The Morgan fingerprint density at radius 2 is 1.05 bits per heavy atom. The average molecular weight is 590 g/mol. The van der Waals surface area contributed by atoms with E-state index in [1.165, 1.54) is 24.5 Å². The average Bonchev–Trinajstić information content (AvgIpc) is 2.91. The summed E-state index contributed by atoms with van der Waals surface area (Å²) in [5.74, 6) is -11.5. The number of rotatable bonds is 6. The summed E-state index contributed by atoms with van der Waals surface area (Å²) >= 11 is 0. The SMILES string of the molecule is Cc1cnc(-c2ccc(-c3cc(F)c(C(F)(F)Oc4ccc(-c5cc(F)c(F)c(F)c5)c(F)c4)c(F)c3)c(F)c2)nc1. The summed E-state index contributed by atoms with van der Waals surface area (Å²) in [4.78, 5) is 8.13. The van der Waals surface area contributed by atoms with Gasteiger partial charge in [0.15, 0.2) is 23.3 Å². The molecule has 3 nitrogen and oxygen atoms in total. The Morgan fingerprint density at radius 1 is 0.571 bits per heavy atom. The van der Waals surface area contributed by atoms with Crippen LogP contribution in [0.2, 0.25) is 0 Å². The number of aromatic nitrogens is 2. The highest BCUT2D eigenvalue weighted by Gasteiger charge is 2.41. The van der Waals surface area contributed by atoms with Crippen LogP contribution in [0, 0.1) is 47.6 Å². The van der Waals surface area contributed by atoms with Crippen LogP contribution in [-0.4, -0.2) is 9.97 Å². The molecule has 42 heavy (non-hydrogen) atoms. The lowest BCUT2D eigenvalue weighted by Crippen LogP contribution is -2.25. The minimum Gasteiger partial charge on any atom is -0.429 e. The molecular weight excluding hydrogens is 575 g/mol. The van der Waals surface area contributed by atoms with Crippen LogP contribution in [0.1, 0.15) is 11.1 Å². The number of ether oxygens (including phenoxy) is 1. The van der Waals surface area contributed by atoms with Gasteiger partial charge in [-0.15, -0.1) is 0 Å². The van der Waals surface area contributed by atoms with Crippen LogP contribution in [0.5, 0.6) is 5.75 Å². The maximum absolute atomic E-state index is 14.9. The lowest BCUT2D eigenvalue weighted by molar-refractivity contribution is -0.189. The molecule has 0 saturated heterocycles. The molecule has 12 heteroatoms. The van der Waals surface area contributed by atoms with Crippen molar-refractivity contribution in [2.45, 2.75) is 13.0 Å². The molecule has 5 aromatic rings. The highest BCUT2D eigenvalue weighted by molar-refractivity contribution is 5.69.